The van der Waals surface area contributed by atoms with Gasteiger partial charge in [-0.15, -0.1) is 0 Å². The van der Waals surface area contributed by atoms with Crippen molar-refractivity contribution in [3.8, 4) is 11.5 Å². The number of anilines is 1. The van der Waals surface area contributed by atoms with Crippen molar-refractivity contribution >= 4 is 17.4 Å². The maximum absolute atomic E-state index is 12.4. The highest BCUT2D eigenvalue weighted by atomic mass is 16.7. The third-order valence-corrected chi connectivity index (χ3v) is 4.19. The van der Waals surface area contributed by atoms with E-state index in [2.05, 4.69) is 5.32 Å². The van der Waals surface area contributed by atoms with Gasteiger partial charge in [-0.1, -0.05) is 0 Å². The third kappa shape index (κ3) is 3.68. The average molecular weight is 335 g/mol. The number of quaternary nitrogens is 1. The number of rotatable bonds is 4. The molecule has 0 aromatic heterocycles. The molecule has 0 aliphatic carbocycles. The van der Waals surface area contributed by atoms with E-state index in [1.165, 1.54) is 11.8 Å². The van der Waals surface area contributed by atoms with Crippen LogP contribution in [0.4, 0.5) is 5.69 Å². The summed E-state index contributed by atoms with van der Waals surface area (Å²) in [6.07, 6.45) is 0.268. The molecule has 7 nitrogen and oxygen atoms in total. The van der Waals surface area contributed by atoms with E-state index in [-0.39, 0.29) is 30.7 Å². The second-order valence-electron chi connectivity index (χ2n) is 6.45. The molecule has 1 fully saturated rings. The van der Waals surface area contributed by atoms with Crippen LogP contribution in [0.3, 0.4) is 0 Å². The topological polar surface area (TPSA) is 78.3 Å². The van der Waals surface area contributed by atoms with E-state index in [0.29, 0.717) is 29.3 Å². The van der Waals surface area contributed by atoms with E-state index in [9.17, 15) is 9.59 Å². The van der Waals surface area contributed by atoms with E-state index in [1.54, 1.807) is 12.1 Å². The molecular weight excluding hydrogens is 312 g/mol. The Kier molecular flexibility index (Phi) is 4.73. The summed E-state index contributed by atoms with van der Waals surface area (Å²) in [6.45, 7) is 7.53. The van der Waals surface area contributed by atoms with Crippen LogP contribution < -0.4 is 19.7 Å². The fraction of sp³-hybridized carbons (Fsp3) is 0.529. The molecule has 0 unspecified atom stereocenters. The number of nitrogens with one attached hydrogen (secondary N) is 2. The summed E-state index contributed by atoms with van der Waals surface area (Å²) in [7, 11) is 0. The Bertz CT molecular complexity index is 651. The van der Waals surface area contributed by atoms with Crippen molar-refractivity contribution < 1.29 is 28.7 Å². The smallest absolute Gasteiger partial charge is 0.279 e. The molecule has 2 aliphatic rings. The van der Waals surface area contributed by atoms with Crippen molar-refractivity contribution in [2.24, 2.45) is 0 Å². The molecule has 3 rings (SSSR count). The van der Waals surface area contributed by atoms with Gasteiger partial charge in [0.2, 0.25) is 6.79 Å². The molecule has 24 heavy (non-hydrogen) atoms. The zero-order valence-electron chi connectivity index (χ0n) is 14.2. The predicted molar refractivity (Wildman–Crippen MR) is 86.8 cm³/mol. The molecule has 7 heteroatoms. The first-order valence-electron chi connectivity index (χ1n) is 8.16. The highest BCUT2D eigenvalue weighted by Gasteiger charge is 2.28. The molecule has 1 saturated heterocycles. The van der Waals surface area contributed by atoms with Crippen molar-refractivity contribution in [1.82, 2.24) is 0 Å². The number of ether oxygens (including phenoxy) is 3. The Morgan fingerprint density at radius 2 is 1.79 bits per heavy atom. The molecule has 2 atom stereocenters. The summed E-state index contributed by atoms with van der Waals surface area (Å²) >= 11 is 0. The lowest BCUT2D eigenvalue weighted by atomic mass is 10.1. The van der Waals surface area contributed by atoms with Gasteiger partial charge in [0.15, 0.2) is 23.8 Å². The zero-order chi connectivity index (χ0) is 17.3. The normalized spacial score (nSPS) is 25.4. The minimum Gasteiger partial charge on any atom is -0.454 e. The summed E-state index contributed by atoms with van der Waals surface area (Å²) < 4.78 is 16.3. The fourth-order valence-electron chi connectivity index (χ4n) is 3.29. The summed E-state index contributed by atoms with van der Waals surface area (Å²) in [5, 5.41) is 2.84. The number of benzene rings is 1. The summed E-state index contributed by atoms with van der Waals surface area (Å²) in [5.41, 5.74) is 0.886. The van der Waals surface area contributed by atoms with Crippen LogP contribution in [0.15, 0.2) is 12.1 Å². The van der Waals surface area contributed by atoms with Gasteiger partial charge in [0, 0.05) is 11.6 Å². The number of carbonyl (C=O) groups excluding carboxylic acids is 2. The molecule has 2 N–H and O–H groups in total. The summed E-state index contributed by atoms with van der Waals surface area (Å²) in [4.78, 5) is 25.4. The minimum atomic E-state index is -0.135. The lowest BCUT2D eigenvalue weighted by Gasteiger charge is -2.31. The first-order valence-corrected chi connectivity index (χ1v) is 8.16. The molecule has 1 aromatic carbocycles. The van der Waals surface area contributed by atoms with Gasteiger partial charge in [-0.05, 0) is 26.8 Å². The monoisotopic (exact) mass is 335 g/mol. The Labute approximate surface area is 140 Å². The second-order valence-corrected chi connectivity index (χ2v) is 6.45. The largest absolute Gasteiger partial charge is 0.454 e. The van der Waals surface area contributed by atoms with E-state index < -0.39 is 0 Å². The second kappa shape index (κ2) is 6.78. The number of carbonyl (C=O) groups is 2. The van der Waals surface area contributed by atoms with Crippen LogP contribution >= 0.6 is 0 Å². The van der Waals surface area contributed by atoms with Crippen LogP contribution in [0.2, 0.25) is 0 Å². The number of ketones is 1. The van der Waals surface area contributed by atoms with Crippen LogP contribution in [0.1, 0.15) is 31.1 Å². The Hall–Kier alpha value is -2.12. The van der Waals surface area contributed by atoms with Crippen LogP contribution in [0, 0.1) is 0 Å². The van der Waals surface area contributed by atoms with Gasteiger partial charge in [-0.2, -0.15) is 0 Å². The Balaban J connectivity index is 1.71. The first kappa shape index (κ1) is 16.7. The zero-order valence-corrected chi connectivity index (χ0v) is 14.2. The molecule has 1 amide bonds. The SMILES string of the molecule is CC(=O)c1cc2c(cc1NC(=O)C[NH+]1C[C@@H](C)O[C@H](C)C1)OCO2. The maximum atomic E-state index is 12.4. The highest BCUT2D eigenvalue weighted by Crippen LogP contribution is 2.37. The van der Waals surface area contributed by atoms with Crippen molar-refractivity contribution in [3.63, 3.8) is 0 Å². The number of fused-ring (bicyclic) bond motifs is 1. The molecule has 1 aromatic rings. The summed E-state index contributed by atoms with van der Waals surface area (Å²) in [5.74, 6) is 0.799. The summed E-state index contributed by atoms with van der Waals surface area (Å²) in [6, 6.07) is 3.27. The van der Waals surface area contributed by atoms with Crippen molar-refractivity contribution in [1.29, 1.82) is 0 Å². The third-order valence-electron chi connectivity index (χ3n) is 4.19. The van der Waals surface area contributed by atoms with E-state index in [0.717, 1.165) is 13.1 Å². The molecule has 2 heterocycles. The predicted octanol–water partition coefficient (Wildman–Crippen LogP) is 0.249. The van der Waals surface area contributed by atoms with Crippen LogP contribution in [-0.4, -0.2) is 50.3 Å². The van der Waals surface area contributed by atoms with E-state index in [1.807, 2.05) is 13.8 Å². The van der Waals surface area contributed by atoms with Gasteiger partial charge in [-0.25, -0.2) is 0 Å². The Morgan fingerprint density at radius 1 is 1.17 bits per heavy atom. The van der Waals surface area contributed by atoms with E-state index >= 15 is 0 Å². The Morgan fingerprint density at radius 3 is 2.42 bits per heavy atom. The maximum Gasteiger partial charge on any atom is 0.279 e. The number of hydrogen-bond acceptors (Lipinski definition) is 5. The van der Waals surface area contributed by atoms with Gasteiger partial charge >= 0.3 is 0 Å². The van der Waals surface area contributed by atoms with Gasteiger partial charge in [0.1, 0.15) is 25.3 Å². The van der Waals surface area contributed by atoms with Crippen molar-refractivity contribution in [2.75, 3.05) is 31.7 Å². The number of amides is 1. The molecule has 2 aliphatic heterocycles. The quantitative estimate of drug-likeness (QED) is 0.771. The first-order chi connectivity index (χ1) is 11.4. The molecule has 0 bridgehead atoms. The lowest BCUT2D eigenvalue weighted by molar-refractivity contribution is -0.907. The van der Waals surface area contributed by atoms with Crippen LogP contribution in [0.25, 0.3) is 0 Å². The molecule has 0 spiro atoms. The highest BCUT2D eigenvalue weighted by molar-refractivity contribution is 6.04. The number of hydrogen-bond donors (Lipinski definition) is 2. The van der Waals surface area contributed by atoms with Crippen LogP contribution in [0.5, 0.6) is 11.5 Å². The number of morpholine rings is 1. The van der Waals surface area contributed by atoms with Gasteiger partial charge in [-0.3, -0.25) is 9.59 Å². The van der Waals surface area contributed by atoms with E-state index in [4.69, 9.17) is 14.2 Å². The molecule has 130 valence electrons. The average Bonchev–Trinajstić information content (AvgIpc) is 2.92. The standard InChI is InChI=1S/C17H22N2O5/c1-10-6-19(7-11(2)24-10)8-17(21)18-14-5-16-15(22-9-23-16)4-13(14)12(3)20/h4-5,10-11H,6-9H2,1-3H3,(H,18,21)/p+1/t10-,11-/m1/s1. The van der Waals surface area contributed by atoms with Gasteiger partial charge in [0.25, 0.3) is 5.91 Å². The minimum absolute atomic E-state index is 0.123. The van der Waals surface area contributed by atoms with Crippen molar-refractivity contribution in [3.05, 3.63) is 17.7 Å². The number of Topliss-reactive ketones (excluding diaryl/α,β-unsaturated/α-hetero) is 1. The molecule has 0 saturated carbocycles. The van der Waals surface area contributed by atoms with Crippen LogP contribution in [-0.2, 0) is 9.53 Å². The molecular formula is C17H23N2O5+. The lowest BCUT2D eigenvalue weighted by Crippen LogP contribution is -3.16. The van der Waals surface area contributed by atoms with Crippen molar-refractivity contribution in [2.45, 2.75) is 33.0 Å². The molecule has 0 radical (unpaired) electrons. The van der Waals surface area contributed by atoms with Gasteiger partial charge < -0.3 is 24.4 Å². The van der Waals surface area contributed by atoms with Gasteiger partial charge in [0.05, 0.1) is 5.69 Å². The fourth-order valence-corrected chi connectivity index (χ4v) is 3.29.